The molecule has 0 aliphatic heterocycles. The number of carbonyl (C=O) groups excluding carboxylic acids is 2. The molecular weight excluding hydrogens is 186 g/mol. The molecule has 0 fully saturated rings. The topological polar surface area (TPSA) is 66.8 Å². The molecule has 0 unspecified atom stereocenters. The summed E-state index contributed by atoms with van der Waals surface area (Å²) < 4.78 is 4.40. The molecule has 5 nitrogen and oxygen atoms in total. The van der Waals surface area contributed by atoms with Crippen molar-refractivity contribution in [2.45, 2.75) is 20.8 Å². The van der Waals surface area contributed by atoms with Crippen LogP contribution in [0.25, 0.3) is 0 Å². The SMILES string of the molecule is CCO.CCOC(C)=O.CN(C)C=O. The summed E-state index contributed by atoms with van der Waals surface area (Å²) in [5.41, 5.74) is 0. The van der Waals surface area contributed by atoms with Crippen LogP contribution in [0.4, 0.5) is 0 Å². The van der Waals surface area contributed by atoms with Gasteiger partial charge in [-0.15, -0.1) is 0 Å². The third kappa shape index (κ3) is 70.2. The Labute approximate surface area is 85.7 Å². The second kappa shape index (κ2) is 17.8. The largest absolute Gasteiger partial charge is 0.466 e. The first-order chi connectivity index (χ1) is 6.45. The van der Waals surface area contributed by atoms with Gasteiger partial charge in [-0.1, -0.05) is 0 Å². The third-order valence-electron chi connectivity index (χ3n) is 0.558. The number of aliphatic hydroxyl groups excluding tert-OH is 1. The lowest BCUT2D eigenvalue weighted by molar-refractivity contribution is -0.140. The first kappa shape index (κ1) is 18.6. The van der Waals surface area contributed by atoms with Crippen molar-refractivity contribution in [1.29, 1.82) is 0 Å². The Morgan fingerprint density at radius 3 is 1.71 bits per heavy atom. The fourth-order valence-electron chi connectivity index (χ4n) is 0.203. The number of hydrogen-bond acceptors (Lipinski definition) is 4. The maximum absolute atomic E-state index is 9.82. The van der Waals surface area contributed by atoms with Gasteiger partial charge in [-0.2, -0.15) is 0 Å². The highest BCUT2D eigenvalue weighted by molar-refractivity contribution is 5.65. The molecule has 86 valence electrons. The number of carbonyl (C=O) groups is 2. The summed E-state index contributed by atoms with van der Waals surface area (Å²) in [5.74, 6) is -0.211. The molecule has 0 heterocycles. The Morgan fingerprint density at radius 1 is 1.43 bits per heavy atom. The van der Waals surface area contributed by atoms with Gasteiger partial charge in [0.1, 0.15) is 0 Å². The van der Waals surface area contributed by atoms with Crippen molar-refractivity contribution in [3.05, 3.63) is 0 Å². The predicted octanol–water partition coefficient (Wildman–Crippen LogP) is 0.272. The lowest BCUT2D eigenvalue weighted by Crippen LogP contribution is -2.06. The normalized spacial score (nSPS) is 7.00. The first-order valence-electron chi connectivity index (χ1n) is 4.32. The summed E-state index contributed by atoms with van der Waals surface area (Å²) in [6.07, 6.45) is 0.750. The van der Waals surface area contributed by atoms with Gasteiger partial charge in [-0.25, -0.2) is 0 Å². The van der Waals surface area contributed by atoms with E-state index in [1.165, 1.54) is 11.8 Å². The van der Waals surface area contributed by atoms with Crippen molar-refractivity contribution in [3.63, 3.8) is 0 Å². The van der Waals surface area contributed by atoms with Crippen molar-refractivity contribution >= 4 is 12.4 Å². The molecule has 1 N–H and O–H groups in total. The van der Waals surface area contributed by atoms with E-state index in [4.69, 9.17) is 5.11 Å². The lowest BCUT2D eigenvalue weighted by atomic mass is 10.8. The van der Waals surface area contributed by atoms with Crippen molar-refractivity contribution < 1.29 is 19.4 Å². The number of aliphatic hydroxyl groups is 1. The van der Waals surface area contributed by atoms with Crippen LogP contribution in [0.15, 0.2) is 0 Å². The van der Waals surface area contributed by atoms with E-state index in [1.807, 2.05) is 0 Å². The Kier molecular flexibility index (Phi) is 23.8. The molecule has 0 bridgehead atoms. The van der Waals surface area contributed by atoms with Crippen LogP contribution in [-0.2, 0) is 14.3 Å². The maximum Gasteiger partial charge on any atom is 0.302 e. The van der Waals surface area contributed by atoms with E-state index in [2.05, 4.69) is 4.74 Å². The molecule has 0 atom stereocenters. The summed E-state index contributed by atoms with van der Waals surface area (Å²) in [7, 11) is 3.38. The van der Waals surface area contributed by atoms with Gasteiger partial charge in [-0.05, 0) is 13.8 Å². The standard InChI is InChI=1S/C4H8O2.C3H7NO.C2H6O/c1-3-6-4(2)5;1-4(2)3-5;1-2-3/h3H2,1-2H3;3H,1-2H3;3H,2H2,1H3. The molecule has 0 aromatic carbocycles. The van der Waals surface area contributed by atoms with Crippen LogP contribution in [0, 0.1) is 0 Å². The van der Waals surface area contributed by atoms with Gasteiger partial charge in [0, 0.05) is 27.6 Å². The van der Waals surface area contributed by atoms with Crippen LogP contribution in [-0.4, -0.2) is 49.7 Å². The molecular formula is C9H21NO4. The number of rotatable bonds is 2. The third-order valence-corrected chi connectivity index (χ3v) is 0.558. The summed E-state index contributed by atoms with van der Waals surface area (Å²) >= 11 is 0. The highest BCUT2D eigenvalue weighted by Gasteiger charge is 1.81. The fraction of sp³-hybridized carbons (Fsp3) is 0.778. The van der Waals surface area contributed by atoms with Crippen molar-refractivity contribution in [1.82, 2.24) is 4.90 Å². The van der Waals surface area contributed by atoms with Crippen LogP contribution in [0.5, 0.6) is 0 Å². The van der Waals surface area contributed by atoms with Crippen LogP contribution in [0.3, 0.4) is 0 Å². The second-order valence-electron chi connectivity index (χ2n) is 2.31. The number of nitrogens with zero attached hydrogens (tertiary/aromatic N) is 1. The van der Waals surface area contributed by atoms with E-state index < -0.39 is 0 Å². The number of hydrogen-bond donors (Lipinski definition) is 1. The average Bonchev–Trinajstić information content (AvgIpc) is 2.06. The molecule has 5 heteroatoms. The Bertz CT molecular complexity index is 126. The maximum atomic E-state index is 9.82. The number of ether oxygens (including phenoxy) is 1. The highest BCUT2D eigenvalue weighted by atomic mass is 16.5. The molecule has 0 aromatic heterocycles. The van der Waals surface area contributed by atoms with Crippen molar-refractivity contribution in [3.8, 4) is 0 Å². The molecule has 0 aromatic rings. The quantitative estimate of drug-likeness (QED) is 0.521. The monoisotopic (exact) mass is 207 g/mol. The van der Waals surface area contributed by atoms with Crippen molar-refractivity contribution in [2.75, 3.05) is 27.3 Å². The zero-order chi connectivity index (χ0) is 12.0. The Hall–Kier alpha value is -1.10. The molecule has 0 rings (SSSR count). The van der Waals surface area contributed by atoms with Crippen LogP contribution < -0.4 is 0 Å². The summed E-state index contributed by atoms with van der Waals surface area (Å²) in [6, 6.07) is 0. The minimum absolute atomic E-state index is 0.211. The predicted molar refractivity (Wildman–Crippen MR) is 54.8 cm³/mol. The van der Waals surface area contributed by atoms with Gasteiger partial charge in [0.2, 0.25) is 6.41 Å². The molecule has 0 saturated carbocycles. The van der Waals surface area contributed by atoms with E-state index >= 15 is 0 Å². The van der Waals surface area contributed by atoms with Gasteiger partial charge in [0.15, 0.2) is 0 Å². The average molecular weight is 207 g/mol. The molecule has 0 aliphatic rings. The zero-order valence-corrected chi connectivity index (χ0v) is 9.61. The minimum Gasteiger partial charge on any atom is -0.466 e. The fourth-order valence-corrected chi connectivity index (χ4v) is 0.203. The first-order valence-corrected chi connectivity index (χ1v) is 4.32. The lowest BCUT2D eigenvalue weighted by Gasteiger charge is -1.93. The molecule has 14 heavy (non-hydrogen) atoms. The summed E-state index contributed by atoms with van der Waals surface area (Å²) in [6.45, 7) is 5.58. The Balaban J connectivity index is -0.000000138. The molecule has 0 radical (unpaired) electrons. The van der Waals surface area contributed by atoms with Crippen LogP contribution in [0.2, 0.25) is 0 Å². The molecule has 1 amide bonds. The van der Waals surface area contributed by atoms with Crippen LogP contribution >= 0.6 is 0 Å². The summed E-state index contributed by atoms with van der Waals surface area (Å²) in [5, 5.41) is 7.57. The van der Waals surface area contributed by atoms with Gasteiger partial charge in [-0.3, -0.25) is 9.59 Å². The van der Waals surface area contributed by atoms with E-state index in [1.54, 1.807) is 27.9 Å². The minimum atomic E-state index is -0.211. The van der Waals surface area contributed by atoms with Gasteiger partial charge >= 0.3 is 5.97 Å². The highest BCUT2D eigenvalue weighted by Crippen LogP contribution is 1.69. The van der Waals surface area contributed by atoms with E-state index in [0.29, 0.717) is 6.61 Å². The van der Waals surface area contributed by atoms with Gasteiger partial charge < -0.3 is 14.7 Å². The van der Waals surface area contributed by atoms with E-state index in [-0.39, 0.29) is 12.6 Å². The van der Waals surface area contributed by atoms with Gasteiger partial charge in [0.05, 0.1) is 6.61 Å². The zero-order valence-electron chi connectivity index (χ0n) is 9.61. The van der Waals surface area contributed by atoms with Gasteiger partial charge in [0.25, 0.3) is 0 Å². The number of amides is 1. The van der Waals surface area contributed by atoms with Crippen LogP contribution in [0.1, 0.15) is 20.8 Å². The second-order valence-corrected chi connectivity index (χ2v) is 2.31. The van der Waals surface area contributed by atoms with E-state index in [9.17, 15) is 9.59 Å². The molecule has 0 spiro atoms. The van der Waals surface area contributed by atoms with E-state index in [0.717, 1.165) is 6.41 Å². The smallest absolute Gasteiger partial charge is 0.302 e. The summed E-state index contributed by atoms with van der Waals surface area (Å²) in [4.78, 5) is 20.7. The number of esters is 1. The molecule has 0 saturated heterocycles. The van der Waals surface area contributed by atoms with Crippen molar-refractivity contribution in [2.24, 2.45) is 0 Å². The molecule has 0 aliphatic carbocycles. The Morgan fingerprint density at radius 2 is 1.71 bits per heavy atom.